The molecule has 1 N–H and O–H groups in total. The summed E-state index contributed by atoms with van der Waals surface area (Å²) in [5.41, 5.74) is 2.18. The molecule has 1 unspecified atom stereocenters. The first-order chi connectivity index (χ1) is 7.27. The summed E-state index contributed by atoms with van der Waals surface area (Å²) in [6.45, 7) is 2.06. The zero-order valence-electron chi connectivity index (χ0n) is 8.72. The topological polar surface area (TPSA) is 20.2 Å². The van der Waals surface area contributed by atoms with Gasteiger partial charge in [0, 0.05) is 11.5 Å². The summed E-state index contributed by atoms with van der Waals surface area (Å²) in [4.78, 5) is 0. The zero-order valence-corrected chi connectivity index (χ0v) is 8.72. The Morgan fingerprint density at radius 3 is 2.73 bits per heavy atom. The molecule has 2 rings (SSSR count). The van der Waals surface area contributed by atoms with Crippen LogP contribution in [-0.4, -0.2) is 5.11 Å². The predicted molar refractivity (Wildman–Crippen MR) is 62.9 cm³/mol. The van der Waals surface area contributed by atoms with Gasteiger partial charge in [0.2, 0.25) is 0 Å². The lowest BCUT2D eigenvalue weighted by atomic mass is 9.97. The number of benzene rings is 1. The van der Waals surface area contributed by atoms with Crippen molar-refractivity contribution in [1.82, 2.24) is 0 Å². The van der Waals surface area contributed by atoms with Gasteiger partial charge in [-0.1, -0.05) is 54.2 Å². The lowest BCUT2D eigenvalue weighted by Gasteiger charge is -2.09. The highest BCUT2D eigenvalue weighted by Gasteiger charge is 2.09. The van der Waals surface area contributed by atoms with Crippen LogP contribution in [0.2, 0.25) is 0 Å². The predicted octanol–water partition coefficient (Wildman–Crippen LogP) is 3.55. The molecule has 0 heterocycles. The Morgan fingerprint density at radius 2 is 1.93 bits per heavy atom. The number of hydrogen-bond donors (Lipinski definition) is 1. The average Bonchev–Trinajstić information content (AvgIpc) is 2.44. The van der Waals surface area contributed by atoms with Crippen LogP contribution in [0.15, 0.2) is 60.2 Å². The van der Waals surface area contributed by atoms with Crippen molar-refractivity contribution in [2.75, 3.05) is 0 Å². The van der Waals surface area contributed by atoms with Crippen LogP contribution in [0, 0.1) is 0 Å². The Balaban J connectivity index is 2.34. The lowest BCUT2D eigenvalue weighted by Crippen LogP contribution is -1.90. The van der Waals surface area contributed by atoms with Crippen molar-refractivity contribution in [2.45, 2.75) is 12.8 Å². The summed E-state index contributed by atoms with van der Waals surface area (Å²) in [6.07, 6.45) is 10.4. The molecule has 1 aliphatic carbocycles. The van der Waals surface area contributed by atoms with Crippen LogP contribution in [0.4, 0.5) is 0 Å². The second-order valence-electron chi connectivity index (χ2n) is 3.74. The number of phenolic OH excluding ortho intramolecular Hbond substituents is 1. The molecule has 0 amide bonds. The van der Waals surface area contributed by atoms with E-state index in [-0.39, 0.29) is 5.92 Å². The minimum absolute atomic E-state index is 0.167. The Kier molecular flexibility index (Phi) is 2.72. The quantitative estimate of drug-likeness (QED) is 0.731. The van der Waals surface area contributed by atoms with Gasteiger partial charge in [0.1, 0.15) is 5.75 Å². The maximum Gasteiger partial charge on any atom is 0.119 e. The molecule has 0 saturated heterocycles. The molecule has 0 fully saturated rings. The molecule has 1 atom stereocenters. The largest absolute Gasteiger partial charge is 0.508 e. The van der Waals surface area contributed by atoms with Crippen molar-refractivity contribution in [3.8, 4) is 5.75 Å². The fraction of sp³-hybridized carbons (Fsp3) is 0.143. The number of para-hydroxylation sites is 1. The van der Waals surface area contributed by atoms with Gasteiger partial charge in [-0.05, 0) is 13.0 Å². The van der Waals surface area contributed by atoms with Crippen molar-refractivity contribution < 1.29 is 5.11 Å². The monoisotopic (exact) mass is 198 g/mol. The molecule has 0 radical (unpaired) electrons. The SMILES string of the molecule is CC1=CC=CC(c2ccccc2O)C=C1. The molecule has 0 saturated carbocycles. The summed E-state index contributed by atoms with van der Waals surface area (Å²) < 4.78 is 0. The third kappa shape index (κ3) is 2.18. The fourth-order valence-electron chi connectivity index (χ4n) is 1.68. The van der Waals surface area contributed by atoms with Crippen molar-refractivity contribution in [2.24, 2.45) is 0 Å². The summed E-state index contributed by atoms with van der Waals surface area (Å²) in [5, 5.41) is 9.74. The number of aromatic hydroxyl groups is 1. The van der Waals surface area contributed by atoms with Gasteiger partial charge >= 0.3 is 0 Å². The number of allylic oxidation sites excluding steroid dienone is 6. The molecule has 76 valence electrons. The third-order valence-corrected chi connectivity index (χ3v) is 2.54. The van der Waals surface area contributed by atoms with Crippen molar-refractivity contribution in [3.05, 3.63) is 65.8 Å². The molecule has 0 bridgehead atoms. The summed E-state index contributed by atoms with van der Waals surface area (Å²) >= 11 is 0. The number of hydrogen-bond acceptors (Lipinski definition) is 1. The molecule has 0 aromatic heterocycles. The van der Waals surface area contributed by atoms with E-state index in [0.29, 0.717) is 5.75 Å². The molecule has 1 aliphatic rings. The minimum atomic E-state index is 0.167. The van der Waals surface area contributed by atoms with E-state index in [9.17, 15) is 5.11 Å². The summed E-state index contributed by atoms with van der Waals surface area (Å²) in [6, 6.07) is 7.46. The Bertz CT molecular complexity index is 438. The van der Waals surface area contributed by atoms with Crippen LogP contribution in [0.3, 0.4) is 0 Å². The Labute approximate surface area is 90.1 Å². The first-order valence-corrected chi connectivity index (χ1v) is 5.08. The standard InChI is InChI=1S/C14H14O/c1-11-5-4-6-12(10-9-11)13-7-2-3-8-14(13)15/h2-10,12,15H,1H3. The van der Waals surface area contributed by atoms with Gasteiger partial charge in [-0.25, -0.2) is 0 Å². The molecule has 1 heteroatoms. The van der Waals surface area contributed by atoms with Crippen LogP contribution in [0.5, 0.6) is 5.75 Å². The van der Waals surface area contributed by atoms with Crippen LogP contribution in [0.25, 0.3) is 0 Å². The van der Waals surface area contributed by atoms with Crippen LogP contribution in [-0.2, 0) is 0 Å². The van der Waals surface area contributed by atoms with Gasteiger partial charge in [-0.3, -0.25) is 0 Å². The molecule has 15 heavy (non-hydrogen) atoms. The maximum absolute atomic E-state index is 9.74. The zero-order chi connectivity index (χ0) is 10.7. The highest BCUT2D eigenvalue weighted by molar-refractivity contribution is 5.42. The van der Waals surface area contributed by atoms with E-state index in [1.165, 1.54) is 5.57 Å². The van der Waals surface area contributed by atoms with E-state index in [2.05, 4.69) is 31.2 Å². The van der Waals surface area contributed by atoms with E-state index in [4.69, 9.17) is 0 Å². The number of phenols is 1. The summed E-state index contributed by atoms with van der Waals surface area (Å²) in [5.74, 6) is 0.524. The minimum Gasteiger partial charge on any atom is -0.508 e. The highest BCUT2D eigenvalue weighted by atomic mass is 16.3. The van der Waals surface area contributed by atoms with Gasteiger partial charge in [0.15, 0.2) is 0 Å². The third-order valence-electron chi connectivity index (χ3n) is 2.54. The van der Waals surface area contributed by atoms with Crippen LogP contribution >= 0.6 is 0 Å². The Hall–Kier alpha value is -1.76. The van der Waals surface area contributed by atoms with Crippen molar-refractivity contribution >= 4 is 0 Å². The molecule has 1 nitrogen and oxygen atoms in total. The molecule has 0 aliphatic heterocycles. The molecular formula is C14H14O. The maximum atomic E-state index is 9.74. The second kappa shape index (κ2) is 4.18. The van der Waals surface area contributed by atoms with E-state index < -0.39 is 0 Å². The van der Waals surface area contributed by atoms with Crippen LogP contribution < -0.4 is 0 Å². The normalized spacial score (nSPS) is 19.8. The van der Waals surface area contributed by atoms with Gasteiger partial charge in [0.25, 0.3) is 0 Å². The lowest BCUT2D eigenvalue weighted by molar-refractivity contribution is 0.468. The molecular weight excluding hydrogens is 184 g/mol. The van der Waals surface area contributed by atoms with E-state index >= 15 is 0 Å². The van der Waals surface area contributed by atoms with Gasteiger partial charge in [0.05, 0.1) is 0 Å². The smallest absolute Gasteiger partial charge is 0.119 e. The number of rotatable bonds is 1. The first-order valence-electron chi connectivity index (χ1n) is 5.08. The van der Waals surface area contributed by atoms with Gasteiger partial charge in [-0.15, -0.1) is 0 Å². The van der Waals surface area contributed by atoms with Gasteiger partial charge < -0.3 is 5.11 Å². The van der Waals surface area contributed by atoms with E-state index in [1.54, 1.807) is 6.07 Å². The Morgan fingerprint density at radius 1 is 1.13 bits per heavy atom. The fourth-order valence-corrected chi connectivity index (χ4v) is 1.68. The van der Waals surface area contributed by atoms with Crippen molar-refractivity contribution in [3.63, 3.8) is 0 Å². The van der Waals surface area contributed by atoms with Gasteiger partial charge in [-0.2, -0.15) is 0 Å². The first kappa shape index (κ1) is 9.78. The molecule has 1 aromatic rings. The molecule has 0 spiro atoms. The highest BCUT2D eigenvalue weighted by Crippen LogP contribution is 2.28. The van der Waals surface area contributed by atoms with E-state index in [0.717, 1.165) is 5.56 Å². The van der Waals surface area contributed by atoms with Crippen LogP contribution in [0.1, 0.15) is 18.4 Å². The molecule has 1 aromatic carbocycles. The van der Waals surface area contributed by atoms with E-state index in [1.807, 2.05) is 24.3 Å². The second-order valence-corrected chi connectivity index (χ2v) is 3.74. The van der Waals surface area contributed by atoms with Crippen molar-refractivity contribution in [1.29, 1.82) is 0 Å². The summed E-state index contributed by atoms with van der Waals surface area (Å²) in [7, 11) is 0. The average molecular weight is 198 g/mol.